The molecular formula is C64H112O6. The lowest BCUT2D eigenvalue weighted by molar-refractivity contribution is -0.167. The zero-order valence-corrected chi connectivity index (χ0v) is 46.3. The topological polar surface area (TPSA) is 78.9 Å². The third-order valence-electron chi connectivity index (χ3n) is 12.9. The molecule has 0 saturated heterocycles. The zero-order valence-electron chi connectivity index (χ0n) is 46.3. The summed E-state index contributed by atoms with van der Waals surface area (Å²) in [6.07, 6.45) is 75.1. The van der Waals surface area contributed by atoms with Gasteiger partial charge in [-0.3, -0.25) is 14.4 Å². The highest BCUT2D eigenvalue weighted by molar-refractivity contribution is 5.71. The van der Waals surface area contributed by atoms with Gasteiger partial charge in [0.15, 0.2) is 6.10 Å². The van der Waals surface area contributed by atoms with Crippen LogP contribution in [0.15, 0.2) is 72.9 Å². The van der Waals surface area contributed by atoms with Gasteiger partial charge >= 0.3 is 17.9 Å². The van der Waals surface area contributed by atoms with Crippen LogP contribution in [0.25, 0.3) is 0 Å². The first kappa shape index (κ1) is 66.9. The fourth-order valence-electron chi connectivity index (χ4n) is 8.47. The van der Waals surface area contributed by atoms with Crippen LogP contribution in [0.4, 0.5) is 0 Å². The van der Waals surface area contributed by atoms with Gasteiger partial charge < -0.3 is 14.2 Å². The van der Waals surface area contributed by atoms with Crippen LogP contribution in [0.1, 0.15) is 297 Å². The van der Waals surface area contributed by atoms with E-state index >= 15 is 0 Å². The molecule has 0 aliphatic heterocycles. The maximum atomic E-state index is 12.8. The Morgan fingerprint density at radius 2 is 0.557 bits per heavy atom. The van der Waals surface area contributed by atoms with Gasteiger partial charge in [0.05, 0.1) is 0 Å². The molecule has 0 saturated carbocycles. The Kier molecular flexibility index (Phi) is 55.8. The number of carbonyl (C=O) groups is 3. The summed E-state index contributed by atoms with van der Waals surface area (Å²) in [4.78, 5) is 37.9. The van der Waals surface area contributed by atoms with E-state index in [0.29, 0.717) is 19.3 Å². The van der Waals surface area contributed by atoms with E-state index in [0.717, 1.165) is 96.3 Å². The van der Waals surface area contributed by atoms with Crippen molar-refractivity contribution >= 4 is 17.9 Å². The molecule has 0 spiro atoms. The van der Waals surface area contributed by atoms with Crippen LogP contribution in [0.3, 0.4) is 0 Å². The van der Waals surface area contributed by atoms with Gasteiger partial charge in [-0.2, -0.15) is 0 Å². The fourth-order valence-corrected chi connectivity index (χ4v) is 8.47. The van der Waals surface area contributed by atoms with E-state index < -0.39 is 6.10 Å². The van der Waals surface area contributed by atoms with Gasteiger partial charge in [0.1, 0.15) is 13.2 Å². The SMILES string of the molecule is CC/C=C\C/C=C\C/C=C\CCCCCC(=O)OC(COC(=O)CCCCCCCCCC)COC(=O)CCCCCCCCCCCCCCCCCC/C=C\C/C=C\C/C=C\CCCCCCC. The third-order valence-corrected chi connectivity index (χ3v) is 12.9. The molecule has 0 amide bonds. The van der Waals surface area contributed by atoms with Gasteiger partial charge in [0.2, 0.25) is 0 Å². The van der Waals surface area contributed by atoms with Crippen molar-refractivity contribution < 1.29 is 28.6 Å². The van der Waals surface area contributed by atoms with Crippen LogP contribution in [0, 0.1) is 0 Å². The zero-order chi connectivity index (χ0) is 50.7. The van der Waals surface area contributed by atoms with Gasteiger partial charge in [-0.1, -0.05) is 261 Å². The minimum absolute atomic E-state index is 0.0848. The molecule has 70 heavy (non-hydrogen) atoms. The van der Waals surface area contributed by atoms with Crippen molar-refractivity contribution in [1.82, 2.24) is 0 Å². The summed E-state index contributed by atoms with van der Waals surface area (Å²) < 4.78 is 16.8. The Morgan fingerprint density at radius 1 is 0.300 bits per heavy atom. The minimum Gasteiger partial charge on any atom is -0.462 e. The monoisotopic (exact) mass is 977 g/mol. The van der Waals surface area contributed by atoms with E-state index in [9.17, 15) is 14.4 Å². The predicted octanol–water partition coefficient (Wildman–Crippen LogP) is 20.2. The highest BCUT2D eigenvalue weighted by Gasteiger charge is 2.19. The summed E-state index contributed by atoms with van der Waals surface area (Å²) in [6, 6.07) is 0. The molecule has 0 aromatic carbocycles. The molecular weight excluding hydrogens is 865 g/mol. The number of hydrogen-bond acceptors (Lipinski definition) is 6. The van der Waals surface area contributed by atoms with Crippen molar-refractivity contribution in [1.29, 1.82) is 0 Å². The van der Waals surface area contributed by atoms with Gasteiger partial charge in [0, 0.05) is 19.3 Å². The molecule has 6 nitrogen and oxygen atoms in total. The minimum atomic E-state index is -0.786. The first-order valence-corrected chi connectivity index (χ1v) is 29.9. The van der Waals surface area contributed by atoms with Gasteiger partial charge in [-0.25, -0.2) is 0 Å². The van der Waals surface area contributed by atoms with E-state index in [1.807, 2.05) is 0 Å². The lowest BCUT2D eigenvalue weighted by Crippen LogP contribution is -2.30. The van der Waals surface area contributed by atoms with Crippen molar-refractivity contribution in [2.75, 3.05) is 13.2 Å². The Hall–Kier alpha value is -3.15. The van der Waals surface area contributed by atoms with E-state index in [1.165, 1.54) is 161 Å². The van der Waals surface area contributed by atoms with Crippen LogP contribution < -0.4 is 0 Å². The standard InChI is InChI=1S/C64H112O6/c1-4-7-10-13-16-19-21-23-24-25-26-27-28-29-30-31-32-33-34-35-36-37-38-39-40-42-43-45-48-51-54-57-63(66)69-60-61(59-68-62(65)56-53-50-47-18-15-12-9-6-3)70-64(67)58-55-52-49-46-44-41-22-20-17-14-11-8-5-2/h8,11,17,20-21,23,25-26,28-29,41,44,61H,4-7,9-10,12-16,18-19,22,24,27,30-40,42-43,45-60H2,1-3H3/b11-8-,20-17-,23-21-,26-25-,29-28-,44-41-. The average Bonchev–Trinajstić information content (AvgIpc) is 3.36. The largest absolute Gasteiger partial charge is 0.462 e. The van der Waals surface area contributed by atoms with E-state index in [4.69, 9.17) is 14.2 Å². The van der Waals surface area contributed by atoms with Gasteiger partial charge in [-0.05, 0) is 89.9 Å². The van der Waals surface area contributed by atoms with Crippen LogP contribution >= 0.6 is 0 Å². The second-order valence-electron chi connectivity index (χ2n) is 19.9. The molecule has 6 heteroatoms. The van der Waals surface area contributed by atoms with Crippen LogP contribution in [0.2, 0.25) is 0 Å². The van der Waals surface area contributed by atoms with Crippen molar-refractivity contribution in [2.24, 2.45) is 0 Å². The molecule has 0 rings (SSSR count). The van der Waals surface area contributed by atoms with Gasteiger partial charge in [-0.15, -0.1) is 0 Å². The Bertz CT molecular complexity index is 1310. The number of unbranched alkanes of at least 4 members (excludes halogenated alkanes) is 31. The van der Waals surface area contributed by atoms with Crippen molar-refractivity contribution in [3.8, 4) is 0 Å². The molecule has 0 heterocycles. The fraction of sp³-hybridized carbons (Fsp3) is 0.766. The van der Waals surface area contributed by atoms with Crippen molar-refractivity contribution in [3.05, 3.63) is 72.9 Å². The second kappa shape index (κ2) is 58.4. The van der Waals surface area contributed by atoms with Crippen molar-refractivity contribution in [3.63, 3.8) is 0 Å². The normalized spacial score (nSPS) is 12.6. The molecule has 0 fully saturated rings. The molecule has 0 aromatic rings. The number of carbonyl (C=O) groups excluding carboxylic acids is 3. The molecule has 0 aliphatic rings. The number of esters is 3. The lowest BCUT2D eigenvalue weighted by atomic mass is 10.0. The van der Waals surface area contributed by atoms with E-state index in [2.05, 4.69) is 93.7 Å². The number of rotatable bonds is 54. The molecule has 0 radical (unpaired) electrons. The highest BCUT2D eigenvalue weighted by Crippen LogP contribution is 2.16. The molecule has 0 N–H and O–H groups in total. The Morgan fingerprint density at radius 3 is 0.886 bits per heavy atom. The molecule has 1 atom stereocenters. The molecule has 0 aliphatic carbocycles. The summed E-state index contributed by atoms with van der Waals surface area (Å²) in [5.41, 5.74) is 0. The summed E-state index contributed by atoms with van der Waals surface area (Å²) in [7, 11) is 0. The van der Waals surface area contributed by atoms with Crippen LogP contribution in [-0.2, 0) is 28.6 Å². The summed E-state index contributed by atoms with van der Waals surface area (Å²) in [6.45, 7) is 6.47. The lowest BCUT2D eigenvalue weighted by Gasteiger charge is -2.18. The average molecular weight is 978 g/mol. The van der Waals surface area contributed by atoms with Crippen LogP contribution in [0.5, 0.6) is 0 Å². The Labute approximate surface area is 433 Å². The second-order valence-corrected chi connectivity index (χ2v) is 19.9. The Balaban J connectivity index is 4.06. The van der Waals surface area contributed by atoms with Gasteiger partial charge in [0.25, 0.3) is 0 Å². The maximum absolute atomic E-state index is 12.8. The first-order valence-electron chi connectivity index (χ1n) is 29.9. The molecule has 0 bridgehead atoms. The van der Waals surface area contributed by atoms with Crippen molar-refractivity contribution in [2.45, 2.75) is 303 Å². The molecule has 0 aromatic heterocycles. The molecule has 404 valence electrons. The quantitative estimate of drug-likeness (QED) is 0.0261. The smallest absolute Gasteiger partial charge is 0.306 e. The number of allylic oxidation sites excluding steroid dienone is 12. The van der Waals surface area contributed by atoms with Crippen LogP contribution in [-0.4, -0.2) is 37.2 Å². The number of hydrogen-bond donors (Lipinski definition) is 0. The summed E-state index contributed by atoms with van der Waals surface area (Å²) in [5.74, 6) is -0.912. The molecule has 1 unspecified atom stereocenters. The summed E-state index contributed by atoms with van der Waals surface area (Å²) in [5, 5.41) is 0. The van der Waals surface area contributed by atoms with E-state index in [1.54, 1.807) is 0 Å². The summed E-state index contributed by atoms with van der Waals surface area (Å²) >= 11 is 0. The number of ether oxygens (including phenoxy) is 3. The van der Waals surface area contributed by atoms with E-state index in [-0.39, 0.29) is 31.1 Å². The third kappa shape index (κ3) is 55.8. The highest BCUT2D eigenvalue weighted by atomic mass is 16.6. The first-order chi connectivity index (χ1) is 34.5. The predicted molar refractivity (Wildman–Crippen MR) is 302 cm³/mol. The maximum Gasteiger partial charge on any atom is 0.306 e.